The van der Waals surface area contributed by atoms with Crippen LogP contribution in [-0.4, -0.2) is 54.5 Å². The molecule has 0 aliphatic heterocycles. The summed E-state index contributed by atoms with van der Waals surface area (Å²) >= 11 is 0. The molecule has 0 radical (unpaired) electrons. The molecule has 0 saturated heterocycles. The van der Waals surface area contributed by atoms with Crippen LogP contribution in [0.1, 0.15) is 20.3 Å². The first-order chi connectivity index (χ1) is 9.97. The lowest BCUT2D eigenvalue weighted by molar-refractivity contribution is -0.138. The second-order valence-electron chi connectivity index (χ2n) is 4.75. The Morgan fingerprint density at radius 3 is 2.18 bits per heavy atom. The number of hydrogen-bond donors (Lipinski definition) is 3. The molecule has 0 heterocycles. The van der Waals surface area contributed by atoms with Gasteiger partial charge in [-0.05, 0) is 19.9 Å². The molecule has 0 unspecified atom stereocenters. The van der Waals surface area contributed by atoms with Gasteiger partial charge in [0.2, 0.25) is 5.91 Å². The van der Waals surface area contributed by atoms with Crippen molar-refractivity contribution in [2.24, 2.45) is 0 Å². The van der Waals surface area contributed by atoms with Crippen LogP contribution >= 0.6 is 0 Å². The van der Waals surface area contributed by atoms with Crippen molar-refractivity contribution in [3.05, 3.63) is 25.3 Å². The van der Waals surface area contributed by atoms with E-state index >= 15 is 0 Å². The van der Waals surface area contributed by atoms with Gasteiger partial charge in [-0.15, -0.1) is 0 Å². The minimum Gasteiger partial charge on any atom is -0.462 e. The van der Waals surface area contributed by atoms with Crippen LogP contribution in [0.3, 0.4) is 0 Å². The lowest BCUT2D eigenvalue weighted by Crippen LogP contribution is -2.47. The normalized spacial score (nSPS) is 10.7. The molecule has 0 aliphatic carbocycles. The van der Waals surface area contributed by atoms with E-state index in [4.69, 9.17) is 9.66 Å². The fraction of sp³-hybridized carbons (Fsp3) is 0.538. The molecule has 0 rings (SSSR count). The van der Waals surface area contributed by atoms with E-state index in [1.807, 2.05) is 0 Å². The monoisotopic (exact) mass is 337 g/mol. The van der Waals surface area contributed by atoms with E-state index < -0.39 is 33.3 Å². The van der Waals surface area contributed by atoms with E-state index in [1.165, 1.54) is 13.8 Å². The van der Waals surface area contributed by atoms with Crippen molar-refractivity contribution in [2.75, 3.05) is 19.0 Å². The van der Waals surface area contributed by atoms with Gasteiger partial charge < -0.3 is 15.2 Å². The zero-order valence-corrected chi connectivity index (χ0v) is 13.6. The fourth-order valence-electron chi connectivity index (χ4n) is 1.17. The van der Waals surface area contributed by atoms with E-state index in [0.29, 0.717) is 6.42 Å². The Kier molecular flexibility index (Phi) is 11.2. The number of nitrogens with one attached hydrogen (secondary N) is 1. The molecular formula is C13H23NO7S. The van der Waals surface area contributed by atoms with Crippen LogP contribution < -0.4 is 5.32 Å². The van der Waals surface area contributed by atoms with E-state index in [2.05, 4.69) is 23.2 Å². The second-order valence-corrected chi connectivity index (χ2v) is 6.20. The molecule has 0 aromatic rings. The number of hydrogen-bond acceptors (Lipinski definition) is 6. The highest BCUT2D eigenvalue weighted by atomic mass is 32.2. The Hall–Kier alpha value is -1.71. The number of aliphatic hydroxyl groups is 1. The Morgan fingerprint density at radius 2 is 1.82 bits per heavy atom. The van der Waals surface area contributed by atoms with Gasteiger partial charge in [-0.3, -0.25) is 9.35 Å². The number of aliphatic hydroxyl groups excluding tert-OH is 1. The molecule has 128 valence electrons. The molecule has 0 aliphatic rings. The minimum atomic E-state index is -4.08. The van der Waals surface area contributed by atoms with Crippen molar-refractivity contribution in [1.29, 1.82) is 0 Å². The first-order valence-corrected chi connectivity index (χ1v) is 7.88. The maximum absolute atomic E-state index is 10.8. The van der Waals surface area contributed by atoms with Gasteiger partial charge in [0.05, 0.1) is 17.9 Å². The van der Waals surface area contributed by atoms with Gasteiger partial charge in [0.15, 0.2) is 0 Å². The summed E-state index contributed by atoms with van der Waals surface area (Å²) in [5, 5.41) is 10.6. The standard InChI is InChI=1S/C7H13NO4S.C6H10O3/c1-4-6(9)8-7(2,3)5-13(10,11)12;1-2-6(8)9-5-3-4-7/h4H,1,5H2,2-3H3,(H,8,9)(H,10,11,12);2,7H,1,3-5H2. The van der Waals surface area contributed by atoms with Gasteiger partial charge in [-0.25, -0.2) is 4.79 Å². The van der Waals surface area contributed by atoms with E-state index in [0.717, 1.165) is 12.2 Å². The molecule has 3 N–H and O–H groups in total. The van der Waals surface area contributed by atoms with E-state index in [9.17, 15) is 18.0 Å². The van der Waals surface area contributed by atoms with Crippen LogP contribution in [0.15, 0.2) is 25.3 Å². The van der Waals surface area contributed by atoms with Crippen LogP contribution in [0.25, 0.3) is 0 Å². The Labute approximate surface area is 130 Å². The number of rotatable bonds is 8. The van der Waals surface area contributed by atoms with Crippen LogP contribution in [-0.2, 0) is 24.4 Å². The first-order valence-electron chi connectivity index (χ1n) is 6.27. The third kappa shape index (κ3) is 16.3. The van der Waals surface area contributed by atoms with Gasteiger partial charge in [0.1, 0.15) is 0 Å². The quantitative estimate of drug-likeness (QED) is 0.247. The zero-order valence-electron chi connectivity index (χ0n) is 12.7. The topological polar surface area (TPSA) is 130 Å². The largest absolute Gasteiger partial charge is 0.462 e. The van der Waals surface area contributed by atoms with Crippen molar-refractivity contribution in [2.45, 2.75) is 25.8 Å². The molecule has 0 fully saturated rings. The Morgan fingerprint density at radius 1 is 1.27 bits per heavy atom. The molecule has 0 aromatic carbocycles. The molecule has 0 bridgehead atoms. The lowest BCUT2D eigenvalue weighted by Gasteiger charge is -2.23. The van der Waals surface area contributed by atoms with Crippen molar-refractivity contribution in [1.82, 2.24) is 5.32 Å². The maximum Gasteiger partial charge on any atom is 0.330 e. The summed E-state index contributed by atoms with van der Waals surface area (Å²) in [6.07, 6.45) is 2.61. The molecule has 0 spiro atoms. The van der Waals surface area contributed by atoms with Crippen molar-refractivity contribution in [3.8, 4) is 0 Å². The summed E-state index contributed by atoms with van der Waals surface area (Å²) in [4.78, 5) is 21.1. The average molecular weight is 337 g/mol. The van der Waals surface area contributed by atoms with Crippen molar-refractivity contribution < 1.29 is 32.4 Å². The Balaban J connectivity index is 0. The predicted octanol–water partition coefficient (Wildman–Crippen LogP) is 0.0530. The van der Waals surface area contributed by atoms with Gasteiger partial charge >= 0.3 is 5.97 Å². The van der Waals surface area contributed by atoms with E-state index in [1.54, 1.807) is 0 Å². The SMILES string of the molecule is C=CC(=O)NC(C)(C)CS(=O)(=O)O.C=CC(=O)OCCCO. The van der Waals surface area contributed by atoms with Crippen LogP contribution in [0, 0.1) is 0 Å². The summed E-state index contributed by atoms with van der Waals surface area (Å²) in [6, 6.07) is 0. The summed E-state index contributed by atoms with van der Waals surface area (Å²) < 4.78 is 34.0. The molecule has 1 amide bonds. The molecule has 8 nitrogen and oxygen atoms in total. The number of amides is 1. The zero-order chi connectivity index (χ0) is 17.8. The summed E-state index contributed by atoms with van der Waals surface area (Å²) in [5.41, 5.74) is -1.00. The van der Waals surface area contributed by atoms with Gasteiger partial charge in [0.25, 0.3) is 10.1 Å². The maximum atomic E-state index is 10.8. The van der Waals surface area contributed by atoms with Crippen molar-refractivity contribution in [3.63, 3.8) is 0 Å². The van der Waals surface area contributed by atoms with Gasteiger partial charge in [-0.2, -0.15) is 8.42 Å². The van der Waals surface area contributed by atoms with Crippen LogP contribution in [0.2, 0.25) is 0 Å². The van der Waals surface area contributed by atoms with Crippen LogP contribution in [0.5, 0.6) is 0 Å². The average Bonchev–Trinajstić information content (AvgIpc) is 2.35. The molecule has 0 aromatic heterocycles. The summed E-state index contributed by atoms with van der Waals surface area (Å²) in [5.74, 6) is -1.45. The second kappa shape index (κ2) is 10.9. The predicted molar refractivity (Wildman–Crippen MR) is 81.7 cm³/mol. The Bertz CT molecular complexity index is 483. The van der Waals surface area contributed by atoms with Crippen LogP contribution in [0.4, 0.5) is 0 Å². The van der Waals surface area contributed by atoms with Gasteiger partial charge in [-0.1, -0.05) is 13.2 Å². The number of esters is 1. The highest BCUT2D eigenvalue weighted by Gasteiger charge is 2.25. The highest BCUT2D eigenvalue weighted by molar-refractivity contribution is 7.85. The summed E-state index contributed by atoms with van der Waals surface area (Å²) in [6.45, 7) is 9.71. The van der Waals surface area contributed by atoms with E-state index in [-0.39, 0.29) is 13.2 Å². The molecular weight excluding hydrogens is 314 g/mol. The molecule has 9 heteroatoms. The molecule has 22 heavy (non-hydrogen) atoms. The first kappa shape index (κ1) is 22.6. The van der Waals surface area contributed by atoms with Crippen molar-refractivity contribution >= 4 is 22.0 Å². The van der Waals surface area contributed by atoms with Gasteiger partial charge in [0, 0.05) is 19.1 Å². The lowest BCUT2D eigenvalue weighted by atomic mass is 10.1. The summed E-state index contributed by atoms with van der Waals surface area (Å²) in [7, 11) is -4.08. The smallest absolute Gasteiger partial charge is 0.330 e. The molecule has 0 atom stereocenters. The third-order valence-electron chi connectivity index (χ3n) is 1.90. The number of carbonyl (C=O) groups excluding carboxylic acids is 2. The fourth-order valence-corrected chi connectivity index (χ4v) is 2.16. The highest BCUT2D eigenvalue weighted by Crippen LogP contribution is 2.05. The minimum absolute atomic E-state index is 0.0461. The number of carbonyl (C=O) groups is 2. The molecule has 0 saturated carbocycles. The number of ether oxygens (including phenoxy) is 1. The third-order valence-corrected chi connectivity index (χ3v) is 2.99.